The van der Waals surface area contributed by atoms with Crippen molar-refractivity contribution in [1.29, 1.82) is 0 Å². The molecule has 0 aliphatic heterocycles. The number of rotatable bonds is 8. The number of hydrogen-bond donors (Lipinski definition) is 3. The molecule has 0 radical (unpaired) electrons. The Morgan fingerprint density at radius 1 is 1.12 bits per heavy atom. The first-order valence-corrected chi connectivity index (χ1v) is 8.35. The third-order valence-electron chi connectivity index (χ3n) is 4.11. The first-order chi connectivity index (χ1) is 12.3. The fourth-order valence-corrected chi connectivity index (χ4v) is 2.78. The molecule has 1 heterocycles. The van der Waals surface area contributed by atoms with Crippen LogP contribution in [0.4, 0.5) is 0 Å². The van der Waals surface area contributed by atoms with E-state index in [1.54, 1.807) is 7.11 Å². The molecule has 0 amide bonds. The van der Waals surface area contributed by atoms with Gasteiger partial charge in [-0.3, -0.25) is 5.10 Å². The van der Waals surface area contributed by atoms with E-state index in [0.29, 0.717) is 19.5 Å². The minimum absolute atomic E-state index is 0.418. The molecule has 25 heavy (non-hydrogen) atoms. The van der Waals surface area contributed by atoms with Crippen molar-refractivity contribution in [2.24, 2.45) is 0 Å². The van der Waals surface area contributed by atoms with Crippen LogP contribution in [0, 0.1) is 0 Å². The monoisotopic (exact) mass is 337 g/mol. The van der Waals surface area contributed by atoms with Gasteiger partial charge in [0.15, 0.2) is 0 Å². The molecule has 130 valence electrons. The van der Waals surface area contributed by atoms with Crippen LogP contribution in [0.2, 0.25) is 0 Å². The maximum Gasteiger partial charge on any atom is 0.118 e. The Balaban J connectivity index is 1.54. The van der Waals surface area contributed by atoms with Gasteiger partial charge in [0, 0.05) is 24.2 Å². The van der Waals surface area contributed by atoms with Gasteiger partial charge in [0.2, 0.25) is 0 Å². The molecule has 3 rings (SSSR count). The molecule has 1 aromatic heterocycles. The van der Waals surface area contributed by atoms with Crippen LogP contribution in [0.5, 0.6) is 5.75 Å². The number of benzene rings is 2. The Hall–Kier alpha value is -2.63. The van der Waals surface area contributed by atoms with Gasteiger partial charge >= 0.3 is 0 Å². The normalized spacial score (nSPS) is 12.1. The zero-order valence-electron chi connectivity index (χ0n) is 14.3. The van der Waals surface area contributed by atoms with Gasteiger partial charge < -0.3 is 15.2 Å². The van der Waals surface area contributed by atoms with Gasteiger partial charge in [0.25, 0.3) is 0 Å². The molecule has 5 nitrogen and oxygen atoms in total. The summed E-state index contributed by atoms with van der Waals surface area (Å²) in [5, 5.41) is 20.7. The highest BCUT2D eigenvalue weighted by Gasteiger charge is 2.09. The van der Waals surface area contributed by atoms with Crippen molar-refractivity contribution < 1.29 is 9.84 Å². The van der Waals surface area contributed by atoms with Gasteiger partial charge in [0.05, 0.1) is 25.1 Å². The highest BCUT2D eigenvalue weighted by molar-refractivity contribution is 5.63. The van der Waals surface area contributed by atoms with Crippen LogP contribution in [-0.4, -0.2) is 35.1 Å². The maximum atomic E-state index is 10.2. The SMILES string of the molecule is COc1ccc(-c2[nH]ncc2CNCC(O)Cc2ccccc2)cc1. The summed E-state index contributed by atoms with van der Waals surface area (Å²) in [6.45, 7) is 1.17. The number of methoxy groups -OCH3 is 1. The summed E-state index contributed by atoms with van der Waals surface area (Å²) in [5.74, 6) is 0.826. The van der Waals surface area contributed by atoms with Crippen LogP contribution < -0.4 is 10.1 Å². The van der Waals surface area contributed by atoms with E-state index < -0.39 is 6.10 Å². The standard InChI is InChI=1S/C20H23N3O2/c1-25-19-9-7-16(8-10-19)20-17(13-22-23-20)12-21-14-18(24)11-15-5-3-2-4-6-15/h2-10,13,18,21,24H,11-12,14H2,1H3,(H,22,23). The van der Waals surface area contributed by atoms with Crippen molar-refractivity contribution in [1.82, 2.24) is 15.5 Å². The summed E-state index contributed by atoms with van der Waals surface area (Å²) in [6, 6.07) is 17.9. The Morgan fingerprint density at radius 3 is 2.60 bits per heavy atom. The number of nitrogens with zero attached hydrogens (tertiary/aromatic N) is 1. The lowest BCUT2D eigenvalue weighted by Gasteiger charge is -2.12. The van der Waals surface area contributed by atoms with E-state index in [2.05, 4.69) is 15.5 Å². The van der Waals surface area contributed by atoms with E-state index in [1.807, 2.05) is 60.8 Å². The molecule has 2 aromatic carbocycles. The lowest BCUT2D eigenvalue weighted by atomic mass is 10.1. The Labute approximate surface area is 147 Å². The minimum Gasteiger partial charge on any atom is -0.497 e. The van der Waals surface area contributed by atoms with Crippen molar-refractivity contribution in [3.05, 3.63) is 71.9 Å². The van der Waals surface area contributed by atoms with Crippen molar-refractivity contribution >= 4 is 0 Å². The largest absolute Gasteiger partial charge is 0.497 e. The molecule has 0 fully saturated rings. The van der Waals surface area contributed by atoms with Gasteiger partial charge in [-0.15, -0.1) is 0 Å². The van der Waals surface area contributed by atoms with Gasteiger partial charge in [-0.1, -0.05) is 30.3 Å². The molecule has 0 saturated heterocycles. The van der Waals surface area contributed by atoms with Crippen molar-refractivity contribution in [2.75, 3.05) is 13.7 Å². The van der Waals surface area contributed by atoms with Crippen molar-refractivity contribution in [3.63, 3.8) is 0 Å². The predicted molar refractivity (Wildman–Crippen MR) is 98.4 cm³/mol. The number of aliphatic hydroxyl groups is 1. The second kappa shape index (κ2) is 8.46. The molecule has 0 aliphatic carbocycles. The second-order valence-electron chi connectivity index (χ2n) is 5.97. The first kappa shape index (κ1) is 17.2. The third-order valence-corrected chi connectivity index (χ3v) is 4.11. The van der Waals surface area contributed by atoms with Crippen LogP contribution in [0.1, 0.15) is 11.1 Å². The smallest absolute Gasteiger partial charge is 0.118 e. The van der Waals surface area contributed by atoms with Crippen LogP contribution >= 0.6 is 0 Å². The van der Waals surface area contributed by atoms with E-state index in [1.165, 1.54) is 0 Å². The molecule has 0 bridgehead atoms. The predicted octanol–water partition coefficient (Wildman–Crippen LogP) is 2.78. The lowest BCUT2D eigenvalue weighted by molar-refractivity contribution is 0.171. The average molecular weight is 337 g/mol. The summed E-state index contributed by atoms with van der Waals surface area (Å²) in [6.07, 6.45) is 2.04. The molecule has 5 heteroatoms. The second-order valence-corrected chi connectivity index (χ2v) is 5.97. The number of ether oxygens (including phenoxy) is 1. The summed E-state index contributed by atoms with van der Waals surface area (Å²) >= 11 is 0. The summed E-state index contributed by atoms with van der Waals surface area (Å²) in [7, 11) is 1.65. The van der Waals surface area contributed by atoms with Crippen LogP contribution in [0.25, 0.3) is 11.3 Å². The summed E-state index contributed by atoms with van der Waals surface area (Å²) < 4.78 is 5.19. The van der Waals surface area contributed by atoms with Crippen LogP contribution in [-0.2, 0) is 13.0 Å². The van der Waals surface area contributed by atoms with Gasteiger partial charge in [-0.25, -0.2) is 0 Å². The van der Waals surface area contributed by atoms with E-state index in [4.69, 9.17) is 4.74 Å². The highest BCUT2D eigenvalue weighted by Crippen LogP contribution is 2.23. The number of aromatic nitrogens is 2. The maximum absolute atomic E-state index is 10.2. The van der Waals surface area contributed by atoms with Gasteiger partial charge in [0.1, 0.15) is 5.75 Å². The minimum atomic E-state index is -0.418. The number of aliphatic hydroxyl groups excluding tert-OH is 1. The summed E-state index contributed by atoms with van der Waals surface area (Å²) in [4.78, 5) is 0. The zero-order chi connectivity index (χ0) is 17.5. The van der Waals surface area contributed by atoms with Gasteiger partial charge in [-0.2, -0.15) is 5.10 Å². The molecular weight excluding hydrogens is 314 g/mol. The third kappa shape index (κ3) is 4.68. The first-order valence-electron chi connectivity index (χ1n) is 8.35. The van der Waals surface area contributed by atoms with Crippen molar-refractivity contribution in [3.8, 4) is 17.0 Å². The van der Waals surface area contributed by atoms with E-state index in [0.717, 1.165) is 28.1 Å². The zero-order valence-corrected chi connectivity index (χ0v) is 14.3. The highest BCUT2D eigenvalue weighted by atomic mass is 16.5. The van der Waals surface area contributed by atoms with E-state index >= 15 is 0 Å². The van der Waals surface area contributed by atoms with E-state index in [-0.39, 0.29) is 0 Å². The topological polar surface area (TPSA) is 70.2 Å². The number of aromatic amines is 1. The van der Waals surface area contributed by atoms with Crippen molar-refractivity contribution in [2.45, 2.75) is 19.1 Å². The Bertz CT molecular complexity index is 769. The molecule has 0 spiro atoms. The Kier molecular flexibility index (Phi) is 5.82. The lowest BCUT2D eigenvalue weighted by Crippen LogP contribution is -2.28. The molecule has 0 aliphatic rings. The molecule has 3 aromatic rings. The fraction of sp³-hybridized carbons (Fsp3) is 0.250. The molecule has 3 N–H and O–H groups in total. The summed E-state index contributed by atoms with van der Waals surface area (Å²) in [5.41, 5.74) is 4.24. The number of H-pyrrole nitrogens is 1. The Morgan fingerprint density at radius 2 is 1.88 bits per heavy atom. The molecule has 1 unspecified atom stereocenters. The number of hydrogen-bond acceptors (Lipinski definition) is 4. The molecular formula is C20H23N3O2. The molecule has 0 saturated carbocycles. The number of nitrogens with one attached hydrogen (secondary N) is 2. The van der Waals surface area contributed by atoms with E-state index in [9.17, 15) is 5.11 Å². The van der Waals surface area contributed by atoms with Gasteiger partial charge in [-0.05, 0) is 36.2 Å². The fourth-order valence-electron chi connectivity index (χ4n) is 2.78. The van der Waals surface area contributed by atoms with Crippen LogP contribution in [0.3, 0.4) is 0 Å². The average Bonchev–Trinajstić information content (AvgIpc) is 3.11. The quantitative estimate of drug-likeness (QED) is 0.591. The van der Waals surface area contributed by atoms with Crippen LogP contribution in [0.15, 0.2) is 60.8 Å². The molecule has 1 atom stereocenters.